The number of carbonyl (C=O) groups excluding carboxylic acids is 1. The van der Waals surface area contributed by atoms with Crippen molar-refractivity contribution in [2.45, 2.75) is 53.9 Å². The van der Waals surface area contributed by atoms with Crippen LogP contribution < -0.4 is 0 Å². The van der Waals surface area contributed by atoms with Crippen LogP contribution in [0.3, 0.4) is 0 Å². The molecule has 0 spiro atoms. The average molecular weight is 170 g/mol. The second kappa shape index (κ2) is 4.64. The van der Waals surface area contributed by atoms with Gasteiger partial charge in [-0.3, -0.25) is 4.79 Å². The Bertz CT molecular complexity index is 138. The molecule has 0 aromatic carbocycles. The second-order valence-corrected chi connectivity index (χ2v) is 4.72. The first kappa shape index (κ1) is 11.7. The van der Waals surface area contributed by atoms with Gasteiger partial charge in [-0.05, 0) is 18.3 Å². The smallest absolute Gasteiger partial charge is 0.136 e. The molecule has 0 N–H and O–H groups in total. The Morgan fingerprint density at radius 1 is 1.17 bits per heavy atom. The summed E-state index contributed by atoms with van der Waals surface area (Å²) < 4.78 is 0. The van der Waals surface area contributed by atoms with Gasteiger partial charge in [0.1, 0.15) is 5.78 Å². The molecule has 1 nitrogen and oxygen atoms in total. The van der Waals surface area contributed by atoms with Crippen molar-refractivity contribution in [3.63, 3.8) is 0 Å². The highest BCUT2D eigenvalue weighted by molar-refractivity contribution is 5.81. The predicted molar refractivity (Wildman–Crippen MR) is 53.2 cm³/mol. The fourth-order valence-corrected chi connectivity index (χ4v) is 1.41. The van der Waals surface area contributed by atoms with Crippen LogP contribution in [-0.4, -0.2) is 5.78 Å². The lowest BCUT2D eigenvalue weighted by atomic mass is 9.84. The summed E-state index contributed by atoms with van der Waals surface area (Å²) in [6.45, 7) is 10.5. The summed E-state index contributed by atoms with van der Waals surface area (Å²) in [5.41, 5.74) is 0.152. The van der Waals surface area contributed by atoms with Gasteiger partial charge in [0, 0.05) is 12.3 Å². The molecule has 0 heterocycles. The van der Waals surface area contributed by atoms with E-state index in [1.54, 1.807) is 0 Å². The normalized spacial score (nSPS) is 12.2. The highest BCUT2D eigenvalue weighted by atomic mass is 16.1. The zero-order valence-electron chi connectivity index (χ0n) is 9.11. The van der Waals surface area contributed by atoms with Gasteiger partial charge in [-0.2, -0.15) is 0 Å². The lowest BCUT2D eigenvalue weighted by Gasteiger charge is -2.20. The van der Waals surface area contributed by atoms with E-state index in [4.69, 9.17) is 0 Å². The van der Waals surface area contributed by atoms with Gasteiger partial charge in [0.2, 0.25) is 0 Å². The summed E-state index contributed by atoms with van der Waals surface area (Å²) in [5.74, 6) is 0.733. The molecule has 0 aliphatic rings. The number of hydrogen-bond acceptors (Lipinski definition) is 1. The van der Waals surface area contributed by atoms with Gasteiger partial charge in [0.15, 0.2) is 0 Å². The van der Waals surface area contributed by atoms with Crippen LogP contribution >= 0.6 is 0 Å². The standard InChI is InChI=1S/C11H22O/c1-6-9(7-2)10(12)8-11(3,4)5/h9H,6-8H2,1-5H3. The molecule has 0 saturated carbocycles. The predicted octanol–water partition coefficient (Wildman–Crippen LogP) is 3.43. The van der Waals surface area contributed by atoms with Gasteiger partial charge in [-0.15, -0.1) is 0 Å². The fourth-order valence-electron chi connectivity index (χ4n) is 1.41. The Morgan fingerprint density at radius 3 is 1.83 bits per heavy atom. The van der Waals surface area contributed by atoms with Crippen molar-refractivity contribution in [3.05, 3.63) is 0 Å². The van der Waals surface area contributed by atoms with E-state index < -0.39 is 0 Å². The molecule has 0 rings (SSSR count). The van der Waals surface area contributed by atoms with Crippen LogP contribution in [0.4, 0.5) is 0 Å². The molecule has 0 radical (unpaired) electrons. The van der Waals surface area contributed by atoms with Crippen molar-refractivity contribution in [2.75, 3.05) is 0 Å². The minimum atomic E-state index is 0.152. The summed E-state index contributed by atoms with van der Waals surface area (Å²) in [4.78, 5) is 11.6. The van der Waals surface area contributed by atoms with Crippen LogP contribution in [-0.2, 0) is 4.79 Å². The summed E-state index contributed by atoms with van der Waals surface area (Å²) in [5, 5.41) is 0. The van der Waals surface area contributed by atoms with Gasteiger partial charge in [-0.1, -0.05) is 34.6 Å². The first-order chi connectivity index (χ1) is 5.40. The van der Waals surface area contributed by atoms with E-state index in [-0.39, 0.29) is 5.41 Å². The van der Waals surface area contributed by atoms with E-state index in [0.29, 0.717) is 11.7 Å². The van der Waals surface area contributed by atoms with E-state index in [9.17, 15) is 4.79 Å². The highest BCUT2D eigenvalue weighted by Gasteiger charge is 2.20. The van der Waals surface area contributed by atoms with Crippen molar-refractivity contribution >= 4 is 5.78 Å². The third-order valence-electron chi connectivity index (χ3n) is 2.15. The lowest BCUT2D eigenvalue weighted by molar-refractivity contribution is -0.124. The Labute approximate surface area is 76.6 Å². The molecule has 1 heteroatoms. The highest BCUT2D eigenvalue weighted by Crippen LogP contribution is 2.23. The van der Waals surface area contributed by atoms with Crippen LogP contribution in [0.2, 0.25) is 0 Å². The zero-order chi connectivity index (χ0) is 9.78. The van der Waals surface area contributed by atoms with Crippen LogP contribution in [0.5, 0.6) is 0 Å². The van der Waals surface area contributed by atoms with E-state index in [1.165, 1.54) is 0 Å². The molecule has 12 heavy (non-hydrogen) atoms. The molecule has 0 saturated heterocycles. The van der Waals surface area contributed by atoms with Crippen LogP contribution in [0, 0.1) is 11.3 Å². The molecular weight excluding hydrogens is 148 g/mol. The Balaban J connectivity index is 4.02. The number of hydrogen-bond donors (Lipinski definition) is 0. The van der Waals surface area contributed by atoms with E-state index in [1.807, 2.05) is 0 Å². The fraction of sp³-hybridized carbons (Fsp3) is 0.909. The molecule has 0 aliphatic carbocycles. The van der Waals surface area contributed by atoms with Crippen molar-refractivity contribution in [2.24, 2.45) is 11.3 Å². The molecule has 72 valence electrons. The minimum absolute atomic E-state index is 0.152. The van der Waals surface area contributed by atoms with Gasteiger partial charge in [0.05, 0.1) is 0 Å². The molecule has 0 bridgehead atoms. The lowest BCUT2D eigenvalue weighted by Crippen LogP contribution is -2.19. The quantitative estimate of drug-likeness (QED) is 0.631. The summed E-state index contributed by atoms with van der Waals surface area (Å²) in [7, 11) is 0. The molecule has 0 aliphatic heterocycles. The Morgan fingerprint density at radius 2 is 1.58 bits per heavy atom. The number of rotatable bonds is 4. The molecule has 0 unspecified atom stereocenters. The number of ketones is 1. The Hall–Kier alpha value is -0.330. The monoisotopic (exact) mass is 170 g/mol. The van der Waals surface area contributed by atoms with Gasteiger partial charge in [-0.25, -0.2) is 0 Å². The van der Waals surface area contributed by atoms with Crippen molar-refractivity contribution in [3.8, 4) is 0 Å². The van der Waals surface area contributed by atoms with E-state index >= 15 is 0 Å². The third kappa shape index (κ3) is 4.53. The molecule has 0 aromatic heterocycles. The molecule has 0 fully saturated rings. The molecule has 0 aromatic rings. The van der Waals surface area contributed by atoms with Crippen LogP contribution in [0.15, 0.2) is 0 Å². The van der Waals surface area contributed by atoms with Gasteiger partial charge >= 0.3 is 0 Å². The SMILES string of the molecule is CCC(CC)C(=O)CC(C)(C)C. The van der Waals surface area contributed by atoms with Crippen LogP contribution in [0.25, 0.3) is 0 Å². The Kier molecular flexibility index (Phi) is 4.51. The molecule has 0 atom stereocenters. The first-order valence-corrected chi connectivity index (χ1v) is 4.93. The first-order valence-electron chi connectivity index (χ1n) is 4.93. The topological polar surface area (TPSA) is 17.1 Å². The number of carbonyl (C=O) groups is 1. The minimum Gasteiger partial charge on any atom is -0.299 e. The van der Waals surface area contributed by atoms with Crippen molar-refractivity contribution in [1.29, 1.82) is 0 Å². The number of Topliss-reactive ketones (excluding diaryl/α,β-unsaturated/α-hetero) is 1. The van der Waals surface area contributed by atoms with Gasteiger partial charge in [0.25, 0.3) is 0 Å². The maximum absolute atomic E-state index is 11.6. The van der Waals surface area contributed by atoms with Crippen molar-refractivity contribution < 1.29 is 4.79 Å². The summed E-state index contributed by atoms with van der Waals surface area (Å²) in [6, 6.07) is 0. The van der Waals surface area contributed by atoms with E-state index in [2.05, 4.69) is 34.6 Å². The average Bonchev–Trinajstić information content (AvgIpc) is 1.85. The maximum Gasteiger partial charge on any atom is 0.136 e. The molecular formula is C11H22O. The van der Waals surface area contributed by atoms with Crippen LogP contribution in [0.1, 0.15) is 53.9 Å². The summed E-state index contributed by atoms with van der Waals surface area (Å²) >= 11 is 0. The second-order valence-electron chi connectivity index (χ2n) is 4.72. The molecule has 0 amide bonds. The van der Waals surface area contributed by atoms with E-state index in [0.717, 1.165) is 19.3 Å². The largest absolute Gasteiger partial charge is 0.299 e. The third-order valence-corrected chi connectivity index (χ3v) is 2.15. The van der Waals surface area contributed by atoms with Crippen molar-refractivity contribution in [1.82, 2.24) is 0 Å². The zero-order valence-corrected chi connectivity index (χ0v) is 9.11. The summed E-state index contributed by atoms with van der Waals surface area (Å²) in [6.07, 6.45) is 2.70. The van der Waals surface area contributed by atoms with Gasteiger partial charge < -0.3 is 0 Å². The maximum atomic E-state index is 11.6.